The van der Waals surface area contributed by atoms with Crippen molar-refractivity contribution in [2.45, 2.75) is 6.92 Å². The third-order valence-corrected chi connectivity index (χ3v) is 4.27. The maximum Gasteiger partial charge on any atom is 0.307 e. The Labute approximate surface area is 125 Å². The molecule has 1 aromatic carbocycles. The van der Waals surface area contributed by atoms with Crippen LogP contribution in [0.3, 0.4) is 0 Å². The second kappa shape index (κ2) is 7.62. The van der Waals surface area contributed by atoms with Gasteiger partial charge in [0.15, 0.2) is 0 Å². The van der Waals surface area contributed by atoms with Crippen molar-refractivity contribution in [1.82, 2.24) is 0 Å². The molecule has 0 saturated carbocycles. The standard InChI is InChI=1S/C12H13Cl2NO3S/c1-7(12(17)18)5-19-6-10(16)15-9-4-2-3-8(13)11(9)14/h2-4,7H,5-6H2,1H3,(H,15,16)(H,17,18). The summed E-state index contributed by atoms with van der Waals surface area (Å²) < 4.78 is 0. The molecule has 0 saturated heterocycles. The van der Waals surface area contributed by atoms with Crippen molar-refractivity contribution in [1.29, 1.82) is 0 Å². The quantitative estimate of drug-likeness (QED) is 0.842. The molecule has 0 aliphatic carbocycles. The van der Waals surface area contributed by atoms with Crippen LogP contribution in [0.25, 0.3) is 0 Å². The van der Waals surface area contributed by atoms with E-state index in [9.17, 15) is 9.59 Å². The van der Waals surface area contributed by atoms with Crippen molar-refractivity contribution in [3.63, 3.8) is 0 Å². The molecule has 2 N–H and O–H groups in total. The van der Waals surface area contributed by atoms with E-state index in [-0.39, 0.29) is 11.7 Å². The molecule has 1 rings (SSSR count). The van der Waals surface area contributed by atoms with Gasteiger partial charge >= 0.3 is 5.97 Å². The minimum atomic E-state index is -0.870. The van der Waals surface area contributed by atoms with Gasteiger partial charge in [-0.05, 0) is 12.1 Å². The summed E-state index contributed by atoms with van der Waals surface area (Å²) in [5.41, 5.74) is 0.450. The highest BCUT2D eigenvalue weighted by atomic mass is 35.5. The van der Waals surface area contributed by atoms with Gasteiger partial charge in [0, 0.05) is 5.75 Å². The first-order valence-corrected chi connectivity index (χ1v) is 7.37. The first-order valence-electron chi connectivity index (χ1n) is 5.46. The fourth-order valence-corrected chi connectivity index (χ4v) is 2.41. The molecule has 1 atom stereocenters. The van der Waals surface area contributed by atoms with Gasteiger partial charge in [-0.2, -0.15) is 11.8 Å². The van der Waals surface area contributed by atoms with Gasteiger partial charge in [0.2, 0.25) is 5.91 Å². The number of amides is 1. The number of carboxylic acid groups (broad SMARTS) is 1. The molecule has 0 radical (unpaired) electrons. The van der Waals surface area contributed by atoms with E-state index in [4.69, 9.17) is 28.3 Å². The molecule has 7 heteroatoms. The maximum atomic E-state index is 11.6. The molecule has 1 unspecified atom stereocenters. The molecule has 1 amide bonds. The average Bonchev–Trinajstić information content (AvgIpc) is 2.34. The molecule has 0 aliphatic rings. The molecule has 104 valence electrons. The topological polar surface area (TPSA) is 66.4 Å². The Morgan fingerprint density at radius 2 is 2.11 bits per heavy atom. The van der Waals surface area contributed by atoms with Crippen molar-refractivity contribution in [2.75, 3.05) is 16.8 Å². The Kier molecular flexibility index (Phi) is 6.48. The number of rotatable bonds is 6. The zero-order chi connectivity index (χ0) is 14.4. The Bertz CT molecular complexity index is 482. The normalized spacial score (nSPS) is 11.9. The lowest BCUT2D eigenvalue weighted by molar-refractivity contribution is -0.140. The number of carboxylic acids is 1. The number of carbonyl (C=O) groups excluding carboxylic acids is 1. The van der Waals surface area contributed by atoms with Gasteiger partial charge in [-0.15, -0.1) is 0 Å². The highest BCUT2D eigenvalue weighted by Gasteiger charge is 2.12. The molecule has 0 heterocycles. The Morgan fingerprint density at radius 3 is 2.74 bits per heavy atom. The molecule has 19 heavy (non-hydrogen) atoms. The van der Waals surface area contributed by atoms with E-state index in [0.29, 0.717) is 21.5 Å². The second-order valence-corrected chi connectivity index (χ2v) is 5.72. The first-order chi connectivity index (χ1) is 8.91. The van der Waals surface area contributed by atoms with Crippen LogP contribution >= 0.6 is 35.0 Å². The van der Waals surface area contributed by atoms with Gasteiger partial charge < -0.3 is 10.4 Å². The van der Waals surface area contributed by atoms with Gasteiger partial charge in [0.25, 0.3) is 0 Å². The number of anilines is 1. The van der Waals surface area contributed by atoms with Crippen LogP contribution in [0.2, 0.25) is 10.0 Å². The monoisotopic (exact) mass is 321 g/mol. The molecule has 0 aromatic heterocycles. The number of benzene rings is 1. The number of hydrogen-bond acceptors (Lipinski definition) is 3. The molecule has 0 fully saturated rings. The highest BCUT2D eigenvalue weighted by molar-refractivity contribution is 8.00. The summed E-state index contributed by atoms with van der Waals surface area (Å²) in [4.78, 5) is 22.2. The molecular formula is C12H13Cl2NO3S. The second-order valence-electron chi connectivity index (χ2n) is 3.90. The summed E-state index contributed by atoms with van der Waals surface area (Å²) >= 11 is 13.0. The Morgan fingerprint density at radius 1 is 1.42 bits per heavy atom. The molecule has 1 aromatic rings. The SMILES string of the molecule is CC(CSCC(=O)Nc1cccc(Cl)c1Cl)C(=O)O. The van der Waals surface area contributed by atoms with Gasteiger partial charge in [-0.1, -0.05) is 36.2 Å². The summed E-state index contributed by atoms with van der Waals surface area (Å²) in [6.07, 6.45) is 0. The smallest absolute Gasteiger partial charge is 0.307 e. The third kappa shape index (κ3) is 5.30. The zero-order valence-electron chi connectivity index (χ0n) is 10.2. The van der Waals surface area contributed by atoms with Crippen molar-refractivity contribution in [3.8, 4) is 0 Å². The van der Waals surface area contributed by atoms with E-state index in [2.05, 4.69) is 5.32 Å². The van der Waals surface area contributed by atoms with E-state index in [1.54, 1.807) is 25.1 Å². The van der Waals surface area contributed by atoms with Crippen molar-refractivity contribution in [2.24, 2.45) is 5.92 Å². The number of halogens is 2. The lowest BCUT2D eigenvalue weighted by Gasteiger charge is -2.09. The van der Waals surface area contributed by atoms with Crippen LogP contribution in [0.15, 0.2) is 18.2 Å². The first kappa shape index (κ1) is 16.1. The van der Waals surface area contributed by atoms with Gasteiger partial charge in [-0.25, -0.2) is 0 Å². The van der Waals surface area contributed by atoms with E-state index < -0.39 is 11.9 Å². The summed E-state index contributed by atoms with van der Waals surface area (Å²) in [6, 6.07) is 4.96. The molecule has 0 bridgehead atoms. The van der Waals surface area contributed by atoms with E-state index >= 15 is 0 Å². The van der Waals surface area contributed by atoms with Crippen LogP contribution in [-0.4, -0.2) is 28.5 Å². The molecular weight excluding hydrogens is 309 g/mol. The van der Waals surface area contributed by atoms with E-state index in [0.717, 1.165) is 0 Å². The van der Waals surface area contributed by atoms with Gasteiger partial charge in [-0.3, -0.25) is 9.59 Å². The Balaban J connectivity index is 2.43. The number of carbonyl (C=O) groups is 2. The van der Waals surface area contributed by atoms with E-state index in [1.807, 2.05) is 0 Å². The van der Waals surface area contributed by atoms with E-state index in [1.165, 1.54) is 11.8 Å². The fourth-order valence-electron chi connectivity index (χ4n) is 1.19. The number of aliphatic carboxylic acids is 1. The van der Waals surface area contributed by atoms with Crippen LogP contribution in [0.4, 0.5) is 5.69 Å². The summed E-state index contributed by atoms with van der Waals surface area (Å²) in [5.74, 6) is -1.04. The third-order valence-electron chi connectivity index (χ3n) is 2.25. The molecule has 0 spiro atoms. The summed E-state index contributed by atoms with van der Waals surface area (Å²) in [7, 11) is 0. The summed E-state index contributed by atoms with van der Waals surface area (Å²) in [6.45, 7) is 1.60. The van der Waals surface area contributed by atoms with Crippen molar-refractivity contribution in [3.05, 3.63) is 28.2 Å². The average molecular weight is 322 g/mol. The largest absolute Gasteiger partial charge is 0.481 e. The van der Waals surface area contributed by atoms with Crippen LogP contribution in [0.1, 0.15) is 6.92 Å². The number of hydrogen-bond donors (Lipinski definition) is 2. The molecule has 0 aliphatic heterocycles. The van der Waals surface area contributed by atoms with Crippen LogP contribution < -0.4 is 5.32 Å². The number of thioether (sulfide) groups is 1. The highest BCUT2D eigenvalue weighted by Crippen LogP contribution is 2.29. The maximum absolute atomic E-state index is 11.6. The zero-order valence-corrected chi connectivity index (χ0v) is 12.5. The lowest BCUT2D eigenvalue weighted by Crippen LogP contribution is -2.17. The number of nitrogens with one attached hydrogen (secondary N) is 1. The van der Waals surface area contributed by atoms with Crippen molar-refractivity contribution < 1.29 is 14.7 Å². The van der Waals surface area contributed by atoms with Crippen LogP contribution in [0, 0.1) is 5.92 Å². The molecule has 4 nitrogen and oxygen atoms in total. The predicted octanol–water partition coefficient (Wildman–Crippen LogP) is 3.39. The van der Waals surface area contributed by atoms with Crippen LogP contribution in [-0.2, 0) is 9.59 Å². The van der Waals surface area contributed by atoms with Gasteiger partial charge in [0.05, 0.1) is 27.4 Å². The lowest BCUT2D eigenvalue weighted by atomic mass is 10.2. The summed E-state index contributed by atoms with van der Waals surface area (Å²) in [5, 5.41) is 12.0. The minimum Gasteiger partial charge on any atom is -0.481 e. The minimum absolute atomic E-state index is 0.167. The predicted molar refractivity (Wildman–Crippen MR) is 79.2 cm³/mol. The van der Waals surface area contributed by atoms with Gasteiger partial charge in [0.1, 0.15) is 0 Å². The fraction of sp³-hybridized carbons (Fsp3) is 0.333. The van der Waals surface area contributed by atoms with Crippen molar-refractivity contribution >= 4 is 52.5 Å². The van der Waals surface area contributed by atoms with Crippen LogP contribution in [0.5, 0.6) is 0 Å². The Hall–Kier alpha value is -0.910.